The molecule has 0 aliphatic carbocycles. The minimum Gasteiger partial charge on any atom is -0.341 e. The molecule has 1 aromatic rings. The zero-order valence-electron chi connectivity index (χ0n) is 16.5. The van der Waals surface area contributed by atoms with E-state index in [-0.39, 0.29) is 11.8 Å². The SMILES string of the molecule is C=C1/C=C\C(C)=C/C/C=C\N1C(CCC(C)C)c1ccc(C(C)=O)cc1. The molecule has 0 fully saturated rings. The summed E-state index contributed by atoms with van der Waals surface area (Å²) in [5.41, 5.74) is 4.22. The predicted octanol–water partition coefficient (Wildman–Crippen LogP) is 6.60. The smallest absolute Gasteiger partial charge is 0.159 e. The molecule has 1 atom stereocenters. The first-order valence-corrected chi connectivity index (χ1v) is 9.48. The van der Waals surface area contributed by atoms with Crippen LogP contribution in [-0.2, 0) is 0 Å². The highest BCUT2D eigenvalue weighted by Gasteiger charge is 2.20. The number of hydrogen-bond donors (Lipinski definition) is 0. The summed E-state index contributed by atoms with van der Waals surface area (Å²) in [6.07, 6.45) is 13.9. The van der Waals surface area contributed by atoms with Gasteiger partial charge >= 0.3 is 0 Å². The number of carbonyl (C=O) groups excluding carboxylic acids is 1. The van der Waals surface area contributed by atoms with E-state index in [9.17, 15) is 4.79 Å². The fourth-order valence-electron chi connectivity index (χ4n) is 3.11. The largest absolute Gasteiger partial charge is 0.341 e. The summed E-state index contributed by atoms with van der Waals surface area (Å²) in [5, 5.41) is 0. The summed E-state index contributed by atoms with van der Waals surface area (Å²) in [7, 11) is 0. The molecule has 2 heteroatoms. The number of carbonyl (C=O) groups is 1. The Kier molecular flexibility index (Phi) is 7.20. The number of rotatable bonds is 6. The molecule has 0 saturated carbocycles. The van der Waals surface area contributed by atoms with Crippen molar-refractivity contribution in [3.05, 3.63) is 83.7 Å². The Hall–Kier alpha value is -2.35. The van der Waals surface area contributed by atoms with E-state index in [2.05, 4.69) is 74.9 Å². The van der Waals surface area contributed by atoms with Crippen LogP contribution < -0.4 is 0 Å². The summed E-state index contributed by atoms with van der Waals surface area (Å²) in [4.78, 5) is 13.9. The predicted molar refractivity (Wildman–Crippen MR) is 111 cm³/mol. The molecule has 0 N–H and O–H groups in total. The fourth-order valence-corrected chi connectivity index (χ4v) is 3.11. The van der Waals surface area contributed by atoms with E-state index in [1.807, 2.05) is 12.1 Å². The number of benzene rings is 1. The molecule has 1 aliphatic rings. The maximum Gasteiger partial charge on any atom is 0.159 e. The molecule has 0 amide bonds. The molecule has 1 aromatic carbocycles. The maximum absolute atomic E-state index is 11.6. The molecule has 0 spiro atoms. The van der Waals surface area contributed by atoms with Crippen molar-refractivity contribution >= 4 is 5.78 Å². The van der Waals surface area contributed by atoms with Gasteiger partial charge in [-0.05, 0) is 50.7 Å². The van der Waals surface area contributed by atoms with Crippen LogP contribution in [0.4, 0.5) is 0 Å². The van der Waals surface area contributed by atoms with Crippen molar-refractivity contribution in [3.63, 3.8) is 0 Å². The van der Waals surface area contributed by atoms with Gasteiger partial charge in [0.2, 0.25) is 0 Å². The minimum absolute atomic E-state index is 0.104. The van der Waals surface area contributed by atoms with Gasteiger partial charge in [-0.3, -0.25) is 4.79 Å². The highest BCUT2D eigenvalue weighted by molar-refractivity contribution is 5.94. The molecule has 2 nitrogen and oxygen atoms in total. The van der Waals surface area contributed by atoms with Gasteiger partial charge in [-0.15, -0.1) is 0 Å². The average Bonchev–Trinajstić information content (AvgIpc) is 2.68. The zero-order valence-corrected chi connectivity index (χ0v) is 16.5. The number of allylic oxidation sites excluding steroid dienone is 5. The number of ketones is 1. The fraction of sp³-hybridized carbons (Fsp3) is 0.375. The number of hydrogen-bond acceptors (Lipinski definition) is 2. The Morgan fingerprint density at radius 3 is 2.46 bits per heavy atom. The molecule has 1 unspecified atom stereocenters. The molecule has 0 bridgehead atoms. The van der Waals surface area contributed by atoms with Crippen LogP contribution in [0.15, 0.2) is 72.6 Å². The van der Waals surface area contributed by atoms with E-state index in [4.69, 9.17) is 0 Å². The van der Waals surface area contributed by atoms with Gasteiger partial charge in [0, 0.05) is 17.5 Å². The summed E-state index contributed by atoms with van der Waals surface area (Å²) in [5.74, 6) is 0.745. The second-order valence-electron chi connectivity index (χ2n) is 7.47. The van der Waals surface area contributed by atoms with Crippen LogP contribution in [0.2, 0.25) is 0 Å². The van der Waals surface area contributed by atoms with Crippen LogP contribution in [0.5, 0.6) is 0 Å². The van der Waals surface area contributed by atoms with Crippen LogP contribution in [-0.4, -0.2) is 10.7 Å². The van der Waals surface area contributed by atoms with Gasteiger partial charge in [-0.1, -0.05) is 68.5 Å². The lowest BCUT2D eigenvalue weighted by Gasteiger charge is -2.32. The van der Waals surface area contributed by atoms with Crippen molar-refractivity contribution in [2.75, 3.05) is 0 Å². The van der Waals surface area contributed by atoms with E-state index < -0.39 is 0 Å². The number of Topliss-reactive ketones (excluding diaryl/α,β-unsaturated/α-hetero) is 1. The first-order chi connectivity index (χ1) is 12.4. The van der Waals surface area contributed by atoms with Crippen LogP contribution in [0, 0.1) is 5.92 Å². The van der Waals surface area contributed by atoms with Crippen molar-refractivity contribution in [3.8, 4) is 0 Å². The summed E-state index contributed by atoms with van der Waals surface area (Å²) < 4.78 is 0. The second-order valence-corrected chi connectivity index (χ2v) is 7.47. The Balaban J connectivity index is 2.36. The van der Waals surface area contributed by atoms with Gasteiger partial charge in [0.25, 0.3) is 0 Å². The Labute approximate surface area is 158 Å². The van der Waals surface area contributed by atoms with E-state index in [1.165, 1.54) is 11.1 Å². The number of nitrogens with zero attached hydrogens (tertiary/aromatic N) is 1. The van der Waals surface area contributed by atoms with Crippen molar-refractivity contribution in [2.45, 2.75) is 53.0 Å². The zero-order chi connectivity index (χ0) is 19.1. The Bertz CT molecular complexity index is 719. The standard InChI is InChI=1S/C24H31NO/c1-18(2)9-16-24(23-14-12-22(13-15-23)21(5)26)25-17-7-6-8-19(3)10-11-20(25)4/h7-8,10-15,17-18,24H,4,6,9,16H2,1-3,5H3/b11-10-,17-7-,19-8-. The van der Waals surface area contributed by atoms with Gasteiger partial charge in [0.1, 0.15) is 0 Å². The maximum atomic E-state index is 11.6. The van der Waals surface area contributed by atoms with Crippen LogP contribution in [0.25, 0.3) is 0 Å². The average molecular weight is 350 g/mol. The second kappa shape index (κ2) is 9.38. The highest BCUT2D eigenvalue weighted by Crippen LogP contribution is 2.32. The van der Waals surface area contributed by atoms with Gasteiger partial charge in [-0.2, -0.15) is 0 Å². The lowest BCUT2D eigenvalue weighted by Crippen LogP contribution is -2.22. The van der Waals surface area contributed by atoms with E-state index in [1.54, 1.807) is 6.92 Å². The Morgan fingerprint density at radius 2 is 1.85 bits per heavy atom. The lowest BCUT2D eigenvalue weighted by atomic mass is 9.95. The first kappa shape index (κ1) is 20.0. The summed E-state index contributed by atoms with van der Waals surface area (Å²) in [6.45, 7) is 12.5. The van der Waals surface area contributed by atoms with Crippen molar-refractivity contribution in [1.82, 2.24) is 4.90 Å². The van der Waals surface area contributed by atoms with Crippen LogP contribution >= 0.6 is 0 Å². The molecule has 0 aromatic heterocycles. The van der Waals surface area contributed by atoms with E-state index in [0.29, 0.717) is 5.92 Å². The van der Waals surface area contributed by atoms with Gasteiger partial charge in [0.15, 0.2) is 5.78 Å². The topological polar surface area (TPSA) is 20.3 Å². The van der Waals surface area contributed by atoms with Gasteiger partial charge < -0.3 is 4.90 Å². The highest BCUT2D eigenvalue weighted by atomic mass is 16.1. The van der Waals surface area contributed by atoms with Crippen LogP contribution in [0.3, 0.4) is 0 Å². The molecule has 1 heterocycles. The third-order valence-electron chi connectivity index (χ3n) is 4.77. The minimum atomic E-state index is 0.104. The van der Waals surface area contributed by atoms with E-state index >= 15 is 0 Å². The molecule has 1 aliphatic heterocycles. The lowest BCUT2D eigenvalue weighted by molar-refractivity contribution is 0.101. The summed E-state index contributed by atoms with van der Waals surface area (Å²) >= 11 is 0. The summed E-state index contributed by atoms with van der Waals surface area (Å²) in [6, 6.07) is 8.25. The van der Waals surface area contributed by atoms with Crippen molar-refractivity contribution < 1.29 is 4.79 Å². The molecule has 0 radical (unpaired) electrons. The van der Waals surface area contributed by atoms with Gasteiger partial charge in [-0.25, -0.2) is 0 Å². The van der Waals surface area contributed by atoms with Crippen LogP contribution in [0.1, 0.15) is 68.9 Å². The Morgan fingerprint density at radius 1 is 1.15 bits per heavy atom. The van der Waals surface area contributed by atoms with Gasteiger partial charge in [0.05, 0.1) is 6.04 Å². The normalized spacial score (nSPS) is 20.6. The molecule has 138 valence electrons. The molecule has 0 saturated heterocycles. The van der Waals surface area contributed by atoms with Crippen molar-refractivity contribution in [2.24, 2.45) is 5.92 Å². The molecular formula is C24H31NO. The van der Waals surface area contributed by atoms with Crippen molar-refractivity contribution in [1.29, 1.82) is 0 Å². The molecular weight excluding hydrogens is 318 g/mol. The quantitative estimate of drug-likeness (QED) is 0.539. The first-order valence-electron chi connectivity index (χ1n) is 9.48. The monoisotopic (exact) mass is 349 g/mol. The third kappa shape index (κ3) is 5.59. The van der Waals surface area contributed by atoms with E-state index in [0.717, 1.165) is 30.5 Å². The molecule has 2 rings (SSSR count). The molecule has 26 heavy (non-hydrogen) atoms. The third-order valence-corrected chi connectivity index (χ3v) is 4.77.